The molecule has 2 aromatic rings. The minimum Gasteiger partial charge on any atom is -0.366 e. The Hall–Kier alpha value is -2.66. The van der Waals surface area contributed by atoms with Gasteiger partial charge in [-0.05, 0) is 55.1 Å². The van der Waals surface area contributed by atoms with Crippen molar-refractivity contribution in [1.82, 2.24) is 10.2 Å². The number of likely N-dealkylation sites (N-methyl/N-ethyl adjacent to an activating group) is 1. The molecule has 0 saturated carbocycles. The van der Waals surface area contributed by atoms with Gasteiger partial charge >= 0.3 is 0 Å². The highest BCUT2D eigenvalue weighted by Gasteiger charge is 2.28. The van der Waals surface area contributed by atoms with E-state index in [1.165, 1.54) is 5.56 Å². The topological polar surface area (TPSA) is 75.4 Å². The molecule has 2 aromatic carbocycles. The first-order chi connectivity index (χ1) is 14.1. The highest BCUT2D eigenvalue weighted by Crippen LogP contribution is 2.37. The molecule has 5 heteroatoms. The quantitative estimate of drug-likeness (QED) is 0.664. The monoisotopic (exact) mass is 409 g/mol. The van der Waals surface area contributed by atoms with Gasteiger partial charge in [-0.1, -0.05) is 63.2 Å². The van der Waals surface area contributed by atoms with Crippen LogP contribution < -0.4 is 11.1 Å². The number of hydrogen-bond donors (Lipinski definition) is 2. The zero-order valence-electron chi connectivity index (χ0n) is 18.8. The Morgan fingerprint density at radius 1 is 1.00 bits per heavy atom. The van der Waals surface area contributed by atoms with Gasteiger partial charge in [-0.3, -0.25) is 9.59 Å². The molecule has 5 nitrogen and oxygen atoms in total. The van der Waals surface area contributed by atoms with Crippen molar-refractivity contribution in [1.29, 1.82) is 0 Å². The Balaban J connectivity index is 1.99. The zero-order chi connectivity index (χ0) is 22.3. The molecule has 162 valence electrons. The van der Waals surface area contributed by atoms with Crippen LogP contribution in [0.25, 0.3) is 0 Å². The van der Waals surface area contributed by atoms with E-state index in [1.807, 2.05) is 44.4 Å². The van der Waals surface area contributed by atoms with Gasteiger partial charge in [-0.15, -0.1) is 0 Å². The minimum atomic E-state index is -0.426. The van der Waals surface area contributed by atoms with Crippen molar-refractivity contribution < 1.29 is 9.59 Å². The average molecular weight is 410 g/mol. The molecule has 0 fully saturated rings. The summed E-state index contributed by atoms with van der Waals surface area (Å²) in [7, 11) is 4.02. The van der Waals surface area contributed by atoms with Gasteiger partial charge in [0.15, 0.2) is 0 Å². The van der Waals surface area contributed by atoms with E-state index in [0.29, 0.717) is 18.5 Å². The van der Waals surface area contributed by atoms with Crippen molar-refractivity contribution in [2.45, 2.75) is 45.6 Å². The van der Waals surface area contributed by atoms with Crippen LogP contribution >= 0.6 is 0 Å². The lowest BCUT2D eigenvalue weighted by molar-refractivity contribution is -0.122. The van der Waals surface area contributed by atoms with E-state index in [1.54, 1.807) is 12.1 Å². The van der Waals surface area contributed by atoms with E-state index >= 15 is 0 Å². The summed E-state index contributed by atoms with van der Waals surface area (Å²) in [5.74, 6) is -0.211. The first-order valence-corrected chi connectivity index (χ1v) is 10.4. The number of carbonyl (C=O) groups excluding carboxylic acids is 2. The molecule has 0 heterocycles. The number of nitrogens with one attached hydrogen (secondary N) is 1. The van der Waals surface area contributed by atoms with Crippen molar-refractivity contribution in [3.63, 3.8) is 0 Å². The molecule has 3 N–H and O–H groups in total. The van der Waals surface area contributed by atoms with Gasteiger partial charge in [0.05, 0.1) is 0 Å². The molecule has 0 saturated heterocycles. The van der Waals surface area contributed by atoms with E-state index in [-0.39, 0.29) is 23.3 Å². The van der Waals surface area contributed by atoms with Gasteiger partial charge in [0.25, 0.3) is 0 Å². The van der Waals surface area contributed by atoms with Crippen LogP contribution in [0.4, 0.5) is 0 Å². The molecule has 0 aliphatic carbocycles. The fourth-order valence-corrected chi connectivity index (χ4v) is 3.61. The molecule has 0 aliphatic rings. The number of benzene rings is 2. The largest absolute Gasteiger partial charge is 0.366 e. The van der Waals surface area contributed by atoms with Gasteiger partial charge in [0.2, 0.25) is 11.8 Å². The lowest BCUT2D eigenvalue weighted by Gasteiger charge is -2.31. The second-order valence-corrected chi connectivity index (χ2v) is 9.22. The maximum atomic E-state index is 12.8. The van der Waals surface area contributed by atoms with Crippen LogP contribution in [0.1, 0.15) is 54.6 Å². The third-order valence-corrected chi connectivity index (χ3v) is 5.61. The predicted molar refractivity (Wildman–Crippen MR) is 122 cm³/mol. The minimum absolute atomic E-state index is 0.0121. The standard InChI is InChI=1S/C25H35N3O2/c1-25(2,3)22(19-9-7-6-8-10-19)16-23(29)27-17-21(28(4)5)15-18-11-13-20(14-12-18)24(26)30/h6-14,21-22H,15-17H2,1-5H3,(H2,26,30)(H,27,29). The molecule has 0 spiro atoms. The molecule has 2 unspecified atom stereocenters. The molecule has 2 amide bonds. The van der Waals surface area contributed by atoms with Crippen molar-refractivity contribution in [3.8, 4) is 0 Å². The molecular formula is C25H35N3O2. The Morgan fingerprint density at radius 2 is 1.60 bits per heavy atom. The molecule has 0 bridgehead atoms. The fraction of sp³-hybridized carbons (Fsp3) is 0.440. The summed E-state index contributed by atoms with van der Waals surface area (Å²) in [5, 5.41) is 3.13. The van der Waals surface area contributed by atoms with Crippen LogP contribution in [0.15, 0.2) is 54.6 Å². The van der Waals surface area contributed by atoms with Crippen molar-refractivity contribution in [2.75, 3.05) is 20.6 Å². The predicted octanol–water partition coefficient (Wildman–Crippen LogP) is 3.59. The van der Waals surface area contributed by atoms with Gasteiger partial charge in [0, 0.05) is 24.6 Å². The number of rotatable bonds is 9. The third kappa shape index (κ3) is 6.99. The van der Waals surface area contributed by atoms with Gasteiger partial charge in [-0.2, -0.15) is 0 Å². The maximum Gasteiger partial charge on any atom is 0.248 e. The van der Waals surface area contributed by atoms with Crippen LogP contribution in [0, 0.1) is 5.41 Å². The Labute approximate surface area is 180 Å². The second-order valence-electron chi connectivity index (χ2n) is 9.22. The highest BCUT2D eigenvalue weighted by atomic mass is 16.1. The average Bonchev–Trinajstić information content (AvgIpc) is 2.69. The lowest BCUT2D eigenvalue weighted by Crippen LogP contribution is -2.42. The highest BCUT2D eigenvalue weighted by molar-refractivity contribution is 5.92. The number of carbonyl (C=O) groups is 2. The summed E-state index contributed by atoms with van der Waals surface area (Å²) in [6, 6.07) is 17.7. The summed E-state index contributed by atoms with van der Waals surface area (Å²) in [6.45, 7) is 7.10. The third-order valence-electron chi connectivity index (χ3n) is 5.61. The normalized spacial score (nSPS) is 13.7. The molecule has 0 aliphatic heterocycles. The van der Waals surface area contributed by atoms with E-state index < -0.39 is 5.91 Å². The summed E-state index contributed by atoms with van der Waals surface area (Å²) in [4.78, 5) is 26.2. The number of nitrogens with zero attached hydrogens (tertiary/aromatic N) is 1. The number of primary amides is 1. The summed E-state index contributed by atoms with van der Waals surface area (Å²) in [5.41, 5.74) is 8.10. The molecule has 30 heavy (non-hydrogen) atoms. The van der Waals surface area contributed by atoms with Crippen molar-refractivity contribution in [2.24, 2.45) is 11.1 Å². The Bertz CT molecular complexity index is 824. The number of nitrogens with two attached hydrogens (primary N) is 1. The molecule has 2 rings (SSSR count). The van der Waals surface area contributed by atoms with Crippen LogP contribution in [0.5, 0.6) is 0 Å². The van der Waals surface area contributed by atoms with Gasteiger partial charge in [0.1, 0.15) is 0 Å². The first kappa shape index (κ1) is 23.6. The summed E-state index contributed by atoms with van der Waals surface area (Å²) >= 11 is 0. The summed E-state index contributed by atoms with van der Waals surface area (Å²) in [6.07, 6.45) is 1.23. The first-order valence-electron chi connectivity index (χ1n) is 10.4. The Kier molecular flexibility index (Phi) is 8.18. The smallest absolute Gasteiger partial charge is 0.248 e. The van der Waals surface area contributed by atoms with Gasteiger partial charge in [-0.25, -0.2) is 0 Å². The maximum absolute atomic E-state index is 12.8. The van der Waals surface area contributed by atoms with E-state index in [0.717, 1.165) is 12.0 Å². The molecule has 0 radical (unpaired) electrons. The van der Waals surface area contributed by atoms with E-state index in [9.17, 15) is 9.59 Å². The summed E-state index contributed by atoms with van der Waals surface area (Å²) < 4.78 is 0. The SMILES string of the molecule is CN(C)C(CNC(=O)CC(c1ccccc1)C(C)(C)C)Cc1ccc(C(N)=O)cc1. The second kappa shape index (κ2) is 10.4. The fourth-order valence-electron chi connectivity index (χ4n) is 3.61. The van der Waals surface area contributed by atoms with Crippen LogP contribution in [-0.2, 0) is 11.2 Å². The Morgan fingerprint density at radius 3 is 2.10 bits per heavy atom. The zero-order valence-corrected chi connectivity index (χ0v) is 18.8. The lowest BCUT2D eigenvalue weighted by atomic mass is 9.74. The van der Waals surface area contributed by atoms with Crippen molar-refractivity contribution >= 4 is 11.8 Å². The molecule has 0 aromatic heterocycles. The number of amides is 2. The van der Waals surface area contributed by atoms with Crippen LogP contribution in [0.3, 0.4) is 0 Å². The van der Waals surface area contributed by atoms with Crippen molar-refractivity contribution in [3.05, 3.63) is 71.3 Å². The van der Waals surface area contributed by atoms with E-state index in [4.69, 9.17) is 5.73 Å². The van der Waals surface area contributed by atoms with Crippen LogP contribution in [-0.4, -0.2) is 43.4 Å². The molecule has 2 atom stereocenters. The number of hydrogen-bond acceptors (Lipinski definition) is 3. The molecular weight excluding hydrogens is 374 g/mol. The van der Waals surface area contributed by atoms with Gasteiger partial charge < -0.3 is 16.0 Å². The van der Waals surface area contributed by atoms with E-state index in [2.05, 4.69) is 43.1 Å². The van der Waals surface area contributed by atoms with Crippen LogP contribution in [0.2, 0.25) is 0 Å².